The molecule has 1 aromatic rings. The zero-order valence-corrected chi connectivity index (χ0v) is 62.3. The molecule has 4 aliphatic heterocycles. The van der Waals surface area contributed by atoms with Crippen molar-refractivity contribution in [2.45, 2.75) is 248 Å². The average Bonchev–Trinajstić information content (AvgIpc) is 1.76. The van der Waals surface area contributed by atoms with E-state index >= 15 is 33.2 Å². The van der Waals surface area contributed by atoms with E-state index in [1.165, 1.54) is 73.8 Å². The topological polar surface area (TPSA) is 279 Å². The van der Waals surface area contributed by atoms with Crippen molar-refractivity contribution in [1.29, 1.82) is 0 Å². The summed E-state index contributed by atoms with van der Waals surface area (Å²) in [6, 6.07) is -7.35. The molecule has 7 fully saturated rings. The number of nitrogens with zero attached hydrogens (tertiary/aromatic N) is 9. The van der Waals surface area contributed by atoms with Crippen LogP contribution in [0.3, 0.4) is 0 Å². The lowest BCUT2D eigenvalue weighted by Gasteiger charge is -2.44. The Bertz CT molecular complexity index is 3230. The molecule has 1 aromatic carbocycles. The third kappa shape index (κ3) is 19.5. The van der Waals surface area contributed by atoms with Crippen LogP contribution < -0.4 is 16.0 Å². The second kappa shape index (κ2) is 35.6. The second-order valence-electron chi connectivity index (χ2n) is 31.0. The first-order valence-electron chi connectivity index (χ1n) is 37.4. The maximum absolute atomic E-state index is 16.0. The van der Waals surface area contributed by atoms with Gasteiger partial charge in [-0.15, -0.1) is 0 Å². The monoisotopic (exact) mass is 1450 g/mol. The van der Waals surface area contributed by atoms with Crippen LogP contribution in [-0.4, -0.2) is 264 Å². The van der Waals surface area contributed by atoms with Crippen molar-refractivity contribution in [3.8, 4) is 0 Å². The average molecular weight is 1450 g/mol. The van der Waals surface area contributed by atoms with Gasteiger partial charge in [0.2, 0.25) is 70.9 Å². The highest BCUT2D eigenvalue weighted by Gasteiger charge is 2.53. The van der Waals surface area contributed by atoms with Crippen LogP contribution in [0.1, 0.15) is 187 Å². The number of hydrogen-bond acceptors (Lipinski definition) is 13. The Hall–Kier alpha value is -7.46. The zero-order chi connectivity index (χ0) is 75.5. The molecule has 4 saturated heterocycles. The number of carbonyl (C=O) groups excluding carboxylic acids is 12. The van der Waals surface area contributed by atoms with Crippen LogP contribution in [0.2, 0.25) is 0 Å². The largest absolute Gasteiger partial charge is 0.419 e. The van der Waals surface area contributed by atoms with Gasteiger partial charge >= 0.3 is 6.18 Å². The van der Waals surface area contributed by atoms with Gasteiger partial charge in [-0.25, -0.2) is 4.39 Å². The molecule has 574 valence electrons. The van der Waals surface area contributed by atoms with Gasteiger partial charge in [0.05, 0.1) is 56.9 Å². The van der Waals surface area contributed by atoms with Gasteiger partial charge in [-0.1, -0.05) is 104 Å². The van der Waals surface area contributed by atoms with Crippen molar-refractivity contribution in [3.05, 3.63) is 35.1 Å². The number of rotatable bonds is 11. The molecule has 1 spiro atoms. The van der Waals surface area contributed by atoms with Crippen LogP contribution in [0.4, 0.5) is 17.6 Å². The van der Waals surface area contributed by atoms with Crippen molar-refractivity contribution < 1.29 is 79.8 Å². The molecule has 25 nitrogen and oxygen atoms in total. The highest BCUT2D eigenvalue weighted by atomic mass is 19.4. The Kier molecular flexibility index (Phi) is 28.0. The number of ether oxygens (including phenoxy) is 1. The zero-order valence-electron chi connectivity index (χ0n) is 62.3. The van der Waals surface area contributed by atoms with Crippen molar-refractivity contribution in [3.63, 3.8) is 0 Å². The number of nitrogens with one attached hydrogen (secondary N) is 3. The number of morpholine rings is 1. The summed E-state index contributed by atoms with van der Waals surface area (Å²) in [7, 11) is 9.92. The van der Waals surface area contributed by atoms with Gasteiger partial charge in [0.25, 0.3) is 0 Å². The number of aryl methyl sites for hydroxylation is 1. The molecule has 103 heavy (non-hydrogen) atoms. The van der Waals surface area contributed by atoms with Crippen molar-refractivity contribution in [2.75, 3.05) is 88.7 Å². The molecule has 4 heterocycles. The molecular weight excluding hydrogens is 1340 g/mol. The Morgan fingerprint density at radius 1 is 0.631 bits per heavy atom. The lowest BCUT2D eigenvalue weighted by molar-refractivity contribution is -0.159. The molecule has 0 aromatic heterocycles. The number of hydrogen-bond donors (Lipinski definition) is 3. The fourth-order valence-corrected chi connectivity index (χ4v) is 16.7. The molecule has 3 saturated carbocycles. The number of carbonyl (C=O) groups is 12. The minimum Gasteiger partial charge on any atom is -0.377 e. The fourth-order valence-electron chi connectivity index (χ4n) is 16.7. The molecule has 3 aliphatic carbocycles. The quantitative estimate of drug-likeness (QED) is 0.238. The molecule has 3 N–H and O–H groups in total. The summed E-state index contributed by atoms with van der Waals surface area (Å²) in [6.45, 7) is 6.04. The molecule has 10 atom stereocenters. The Balaban J connectivity index is 1.18. The number of likely N-dealkylation sites (N-methyl/N-ethyl adjacent to an activating group) is 7. The number of halogens is 4. The SMILES string of the molecule is CC[C@H](C)[C@@H]1NC(=O)[C@H](CC(C)C)N(C)C(=O)C[C@@H](C(=O)N2C3CCC2COC3)N(C)C(=O)[C@H](C2CCCCC2)N(C)C(=O)C2(CCCC2)NC(=O)C2CCCN2C(=O)[C@H](CCc2ccc(C(F)(F)F)c(F)c2)NC(=O)CN(C)C(=O)[C@H](CC2CCCCC2)N(C)C(=O)CN(C)C(=O)CN(C)C1=O. The first-order valence-corrected chi connectivity index (χ1v) is 37.4. The fraction of sp³-hybridized carbons (Fsp3) is 0.757. The summed E-state index contributed by atoms with van der Waals surface area (Å²) < 4.78 is 62.2. The van der Waals surface area contributed by atoms with E-state index in [4.69, 9.17) is 4.74 Å². The van der Waals surface area contributed by atoms with Crippen LogP contribution in [0.15, 0.2) is 18.2 Å². The smallest absolute Gasteiger partial charge is 0.377 e. The van der Waals surface area contributed by atoms with Gasteiger partial charge in [0.1, 0.15) is 53.6 Å². The number of benzene rings is 1. The summed E-state index contributed by atoms with van der Waals surface area (Å²) in [5, 5.41) is 8.70. The Labute approximate surface area is 603 Å². The highest BCUT2D eigenvalue weighted by Crippen LogP contribution is 2.39. The van der Waals surface area contributed by atoms with E-state index in [0.29, 0.717) is 63.5 Å². The molecule has 8 rings (SSSR count). The van der Waals surface area contributed by atoms with E-state index in [1.807, 2.05) is 20.8 Å². The van der Waals surface area contributed by atoms with E-state index in [9.17, 15) is 41.9 Å². The normalized spacial score (nSPS) is 28.4. The van der Waals surface area contributed by atoms with Crippen LogP contribution >= 0.6 is 0 Å². The minimum absolute atomic E-state index is 0.000840. The van der Waals surface area contributed by atoms with E-state index in [0.717, 1.165) is 72.1 Å². The van der Waals surface area contributed by atoms with Crippen molar-refractivity contribution in [1.82, 2.24) is 60.0 Å². The molecule has 2 bridgehead atoms. The van der Waals surface area contributed by atoms with E-state index in [1.54, 1.807) is 11.8 Å². The summed E-state index contributed by atoms with van der Waals surface area (Å²) >= 11 is 0. The van der Waals surface area contributed by atoms with Gasteiger partial charge in [-0.3, -0.25) is 57.5 Å². The first kappa shape index (κ1) is 81.2. The van der Waals surface area contributed by atoms with Gasteiger partial charge in [0, 0.05) is 55.9 Å². The molecule has 7 aliphatic rings. The van der Waals surface area contributed by atoms with E-state index < -0.39 is 174 Å². The van der Waals surface area contributed by atoms with Crippen LogP contribution in [-0.2, 0) is 74.9 Å². The van der Waals surface area contributed by atoms with Crippen LogP contribution in [0.25, 0.3) is 0 Å². The number of fused-ring (bicyclic) bond motifs is 3. The predicted octanol–water partition coefficient (Wildman–Crippen LogP) is 5.29. The van der Waals surface area contributed by atoms with E-state index in [-0.39, 0.29) is 94.2 Å². The molecule has 3 unspecified atom stereocenters. The Morgan fingerprint density at radius 2 is 1.23 bits per heavy atom. The van der Waals surface area contributed by atoms with Gasteiger partial charge in [-0.05, 0) is 118 Å². The summed E-state index contributed by atoms with van der Waals surface area (Å²) in [5.41, 5.74) is -3.05. The second-order valence-corrected chi connectivity index (χ2v) is 31.0. The standard InChI is InChI=1S/C74H112F4N12O13/c1-12-46(4)63-70(100)84(7)41-61(93)82(5)42-62(94)86(9)57(38-47-22-15-13-16-23-47)68(98)83(6)40-59(91)79-54(32-28-48-27-31-52(53(75)37-48)74(76,77)78)67(97)89-35-21-26-55(89)66(96)81-73(33-19-20-34-73)72(102)88(11)64(49-24-17-14-18-25-49)71(101)87(10)58(69(99)90-50-29-30-51(90)44-103-43-50)39-60(92)85(8)56(36-45(2)3)65(95)80-63/h27,31,37,45-47,49-51,54-58,63-64H,12-26,28-30,32-36,38-44H2,1-11H3,(H,79,91)(H,80,95)(H,81,96)/t46-,50?,51?,54-,55?,56-,57-,58-,63-,64-/m0/s1. The maximum Gasteiger partial charge on any atom is 0.419 e. The first-order chi connectivity index (χ1) is 48.7. The highest BCUT2D eigenvalue weighted by molar-refractivity contribution is 6.01. The molecule has 12 amide bonds. The third-order valence-electron chi connectivity index (χ3n) is 23.2. The summed E-state index contributed by atoms with van der Waals surface area (Å²) in [6.07, 6.45) is 5.13. The third-order valence-corrected chi connectivity index (χ3v) is 23.2. The molecule has 29 heteroatoms. The minimum atomic E-state index is -5.00. The van der Waals surface area contributed by atoms with Gasteiger partial charge in [0.15, 0.2) is 0 Å². The molecule has 0 radical (unpaired) electrons. The summed E-state index contributed by atoms with van der Waals surface area (Å²) in [5.74, 6) is -10.7. The van der Waals surface area contributed by atoms with Crippen LogP contribution in [0, 0.1) is 29.5 Å². The lowest BCUT2D eigenvalue weighted by Crippen LogP contribution is -2.65. The molecular formula is C74H112F4N12O13. The van der Waals surface area contributed by atoms with Gasteiger partial charge in [-0.2, -0.15) is 13.2 Å². The van der Waals surface area contributed by atoms with Crippen LogP contribution in [0.5, 0.6) is 0 Å². The lowest BCUT2D eigenvalue weighted by atomic mass is 9.81. The predicted molar refractivity (Wildman–Crippen MR) is 373 cm³/mol. The number of alkyl halides is 3. The Morgan fingerprint density at radius 3 is 1.83 bits per heavy atom. The maximum atomic E-state index is 16.0. The number of amides is 12. The van der Waals surface area contributed by atoms with Crippen molar-refractivity contribution >= 4 is 70.9 Å². The van der Waals surface area contributed by atoms with E-state index in [2.05, 4.69) is 16.0 Å². The van der Waals surface area contributed by atoms with Crippen molar-refractivity contribution in [2.24, 2.45) is 23.7 Å². The van der Waals surface area contributed by atoms with Gasteiger partial charge < -0.3 is 64.8 Å². The summed E-state index contributed by atoms with van der Waals surface area (Å²) in [4.78, 5) is 192.